The van der Waals surface area contributed by atoms with E-state index in [1.54, 1.807) is 0 Å². The molecule has 67 heavy (non-hydrogen) atoms. The Hall–Kier alpha value is -7.68. The van der Waals surface area contributed by atoms with Gasteiger partial charge in [0.15, 0.2) is 0 Å². The van der Waals surface area contributed by atoms with Crippen LogP contribution in [0, 0.1) is 0 Å². The number of benzene rings is 10. The zero-order valence-electron chi connectivity index (χ0n) is 38.6. The summed E-state index contributed by atoms with van der Waals surface area (Å²) in [6.07, 6.45) is 0. The fourth-order valence-corrected chi connectivity index (χ4v) is 12.1. The van der Waals surface area contributed by atoms with Crippen molar-refractivity contribution in [3.63, 3.8) is 0 Å². The van der Waals surface area contributed by atoms with E-state index in [4.69, 9.17) is 9.15 Å². The van der Waals surface area contributed by atoms with Gasteiger partial charge in [-0.1, -0.05) is 181 Å². The number of hydrogen-bond acceptors (Lipinski definition) is 2. The summed E-state index contributed by atoms with van der Waals surface area (Å²) in [5, 5.41) is 6.94. The van der Waals surface area contributed by atoms with E-state index in [9.17, 15) is 0 Å². The second kappa shape index (κ2) is 13.2. The first-order valence-corrected chi connectivity index (χ1v) is 23.7. The number of furan rings is 1. The Morgan fingerprint density at radius 3 is 1.63 bits per heavy atom. The van der Waals surface area contributed by atoms with Crippen molar-refractivity contribution in [1.29, 1.82) is 0 Å². The van der Waals surface area contributed by atoms with Crippen molar-refractivity contribution < 1.29 is 9.15 Å². The molecule has 2 heterocycles. The zero-order chi connectivity index (χ0) is 45.1. The van der Waals surface area contributed by atoms with Crippen LogP contribution < -0.4 is 4.74 Å². The third-order valence-electron chi connectivity index (χ3n) is 15.4. The van der Waals surface area contributed by atoms with Crippen LogP contribution in [0.4, 0.5) is 0 Å². The molecule has 2 heteroatoms. The van der Waals surface area contributed by atoms with E-state index in [2.05, 4.69) is 224 Å². The molecular weight excluding hydrogens is 813 g/mol. The van der Waals surface area contributed by atoms with Crippen LogP contribution in [0.3, 0.4) is 0 Å². The van der Waals surface area contributed by atoms with Crippen LogP contribution >= 0.6 is 0 Å². The van der Waals surface area contributed by atoms with Gasteiger partial charge in [0.2, 0.25) is 0 Å². The molecular formula is C65H48O2. The summed E-state index contributed by atoms with van der Waals surface area (Å²) < 4.78 is 13.4. The second-order valence-electron chi connectivity index (χ2n) is 21.2. The highest BCUT2D eigenvalue weighted by Crippen LogP contribution is 2.64. The molecule has 320 valence electrons. The molecule has 11 aromatic rings. The van der Waals surface area contributed by atoms with E-state index < -0.39 is 5.41 Å². The fourth-order valence-electron chi connectivity index (χ4n) is 12.1. The summed E-state index contributed by atoms with van der Waals surface area (Å²) in [5.74, 6) is 1.75. The highest BCUT2D eigenvalue weighted by molar-refractivity contribution is 6.19. The molecule has 0 amide bonds. The predicted molar refractivity (Wildman–Crippen MR) is 279 cm³/mol. The Kier molecular flexibility index (Phi) is 7.62. The molecule has 0 atom stereocenters. The molecule has 2 nitrogen and oxygen atoms in total. The third kappa shape index (κ3) is 5.27. The monoisotopic (exact) mass is 860 g/mol. The van der Waals surface area contributed by atoms with E-state index in [1.165, 1.54) is 83.1 Å². The number of rotatable bonds is 2. The first kappa shape index (κ1) is 38.6. The van der Waals surface area contributed by atoms with Gasteiger partial charge >= 0.3 is 0 Å². The molecule has 0 unspecified atom stereocenters. The van der Waals surface area contributed by atoms with Crippen LogP contribution in [0.1, 0.15) is 74.9 Å². The zero-order valence-corrected chi connectivity index (χ0v) is 38.6. The summed E-state index contributed by atoms with van der Waals surface area (Å²) in [6.45, 7) is 14.0. The summed E-state index contributed by atoms with van der Waals surface area (Å²) in [6, 6.07) is 68.3. The van der Waals surface area contributed by atoms with Crippen molar-refractivity contribution >= 4 is 43.5 Å². The van der Waals surface area contributed by atoms with Crippen molar-refractivity contribution in [1.82, 2.24) is 0 Å². The molecule has 0 N–H and O–H groups in total. The molecule has 0 saturated heterocycles. The van der Waals surface area contributed by atoms with Crippen LogP contribution in [-0.2, 0) is 16.2 Å². The first-order chi connectivity index (χ1) is 32.4. The highest BCUT2D eigenvalue weighted by Gasteiger charge is 2.52. The van der Waals surface area contributed by atoms with Crippen LogP contribution in [0.5, 0.6) is 11.5 Å². The smallest absolute Gasteiger partial charge is 0.136 e. The van der Waals surface area contributed by atoms with E-state index in [0.29, 0.717) is 0 Å². The maximum Gasteiger partial charge on any atom is 0.136 e. The minimum Gasteiger partial charge on any atom is -0.456 e. The minimum atomic E-state index is -0.469. The summed E-state index contributed by atoms with van der Waals surface area (Å²) in [7, 11) is 0. The van der Waals surface area contributed by atoms with E-state index in [-0.39, 0.29) is 10.8 Å². The van der Waals surface area contributed by atoms with Gasteiger partial charge in [0.1, 0.15) is 22.7 Å². The number of hydrogen-bond donors (Lipinski definition) is 0. The van der Waals surface area contributed by atoms with Crippen molar-refractivity contribution in [2.75, 3.05) is 0 Å². The number of ether oxygens (including phenoxy) is 1. The average molecular weight is 861 g/mol. The van der Waals surface area contributed by atoms with Crippen LogP contribution in [0.25, 0.3) is 99.1 Å². The maximum atomic E-state index is 6.85. The lowest BCUT2D eigenvalue weighted by molar-refractivity contribution is 0.487. The van der Waals surface area contributed by atoms with Crippen LogP contribution in [-0.4, -0.2) is 0 Å². The Balaban J connectivity index is 0.955. The molecule has 0 fully saturated rings. The largest absolute Gasteiger partial charge is 0.456 e. The molecule has 10 aromatic carbocycles. The summed E-state index contributed by atoms with van der Waals surface area (Å²) >= 11 is 0. The van der Waals surface area contributed by atoms with Crippen molar-refractivity contribution in [3.8, 4) is 67.1 Å². The summed E-state index contributed by atoms with van der Waals surface area (Å²) in [4.78, 5) is 0. The van der Waals surface area contributed by atoms with Crippen molar-refractivity contribution in [2.45, 2.75) is 57.8 Å². The van der Waals surface area contributed by atoms with Gasteiger partial charge in [-0.2, -0.15) is 0 Å². The molecule has 3 aliphatic rings. The maximum absolute atomic E-state index is 6.85. The van der Waals surface area contributed by atoms with E-state index >= 15 is 0 Å². The molecule has 1 aliphatic heterocycles. The SMILES string of the molecule is CC(C)(C)c1ccc2c(c1)C1(c3ccccc3-c3ccc(-c4ccc5c(c4)-c4cccc6c(-c7cccc8oc9cc%10ccccc%10cc9c78)ccc(c46)O5)cc31)c1cc(C(C)(C)C)ccc1-2. The van der Waals surface area contributed by atoms with Gasteiger partial charge in [-0.15, -0.1) is 0 Å². The predicted octanol–water partition coefficient (Wildman–Crippen LogP) is 17.9. The van der Waals surface area contributed by atoms with Crippen molar-refractivity contribution in [2.24, 2.45) is 0 Å². The average Bonchev–Trinajstić information content (AvgIpc) is 3.95. The molecule has 1 aromatic heterocycles. The van der Waals surface area contributed by atoms with Gasteiger partial charge < -0.3 is 9.15 Å². The normalized spacial score (nSPS) is 14.1. The fraction of sp³-hybridized carbons (Fsp3) is 0.138. The standard InChI is InChI=1S/C65H48O2/c1-63(2,3)41-23-26-46-47-27-24-42(64(4,5)6)36-56(47)65(55(46)35-41)53-19-10-9-15-44(53)45-25-21-40(33-54(45)65)39-22-29-57-51(31-39)50-17-11-16-48-43(28-30-59(66-57)61(48)50)49-18-12-20-58-62(49)52-32-37-13-7-8-14-38(37)34-60(52)67-58/h7-36H,1-6H3. The molecule has 2 aliphatic carbocycles. The lowest BCUT2D eigenvalue weighted by atomic mass is 9.68. The van der Waals surface area contributed by atoms with Crippen LogP contribution in [0.15, 0.2) is 186 Å². The second-order valence-corrected chi connectivity index (χ2v) is 21.2. The highest BCUT2D eigenvalue weighted by atomic mass is 16.5. The van der Waals surface area contributed by atoms with Gasteiger partial charge in [-0.3, -0.25) is 0 Å². The van der Waals surface area contributed by atoms with Gasteiger partial charge in [-0.05, 0) is 153 Å². The Morgan fingerprint density at radius 1 is 0.343 bits per heavy atom. The summed E-state index contributed by atoms with van der Waals surface area (Å²) in [5.41, 5.74) is 21.8. The lowest BCUT2D eigenvalue weighted by Crippen LogP contribution is -2.27. The first-order valence-electron chi connectivity index (χ1n) is 23.7. The molecule has 0 bridgehead atoms. The van der Waals surface area contributed by atoms with Crippen molar-refractivity contribution in [3.05, 3.63) is 215 Å². The minimum absolute atomic E-state index is 0.00585. The molecule has 1 spiro atoms. The molecule has 14 rings (SSSR count). The number of fused-ring (bicyclic) bond motifs is 16. The van der Waals surface area contributed by atoms with Gasteiger partial charge in [-0.25, -0.2) is 0 Å². The van der Waals surface area contributed by atoms with Gasteiger partial charge in [0.25, 0.3) is 0 Å². The quantitative estimate of drug-likeness (QED) is 0.173. The Morgan fingerprint density at radius 2 is 0.896 bits per heavy atom. The molecule has 0 radical (unpaired) electrons. The van der Waals surface area contributed by atoms with E-state index in [1.807, 2.05) is 0 Å². The Bertz CT molecular complexity index is 3910. The van der Waals surface area contributed by atoms with Crippen LogP contribution in [0.2, 0.25) is 0 Å². The van der Waals surface area contributed by atoms with E-state index in [0.717, 1.165) is 60.9 Å². The third-order valence-corrected chi connectivity index (χ3v) is 15.4. The Labute approximate surface area is 391 Å². The lowest BCUT2D eigenvalue weighted by Gasteiger charge is -2.33. The van der Waals surface area contributed by atoms with Gasteiger partial charge in [0, 0.05) is 21.7 Å². The van der Waals surface area contributed by atoms with Gasteiger partial charge in [0.05, 0.1) is 5.41 Å². The molecule has 0 saturated carbocycles. The topological polar surface area (TPSA) is 22.4 Å².